The minimum Gasteiger partial charge on any atom is -0.394 e. The van der Waals surface area contributed by atoms with Crippen molar-refractivity contribution in [1.82, 2.24) is 0 Å². The summed E-state index contributed by atoms with van der Waals surface area (Å²) in [4.78, 5) is 0. The molecule has 0 spiro atoms. The molecular formula is C33H58O26S. The van der Waals surface area contributed by atoms with Crippen molar-refractivity contribution in [3.8, 4) is 0 Å². The van der Waals surface area contributed by atoms with Crippen LogP contribution in [-0.4, -0.2) is 281 Å². The summed E-state index contributed by atoms with van der Waals surface area (Å²) >= 11 is 4.14. The Morgan fingerprint density at radius 3 is 1.13 bits per heavy atom. The van der Waals surface area contributed by atoms with Crippen LogP contribution in [0.15, 0.2) is 0 Å². The lowest BCUT2D eigenvalue weighted by molar-refractivity contribution is -0.395. The molecule has 5 aliphatic rings. The summed E-state index contributed by atoms with van der Waals surface area (Å²) < 4.78 is 57.6. The molecule has 5 rings (SSSR count). The van der Waals surface area contributed by atoms with E-state index in [-0.39, 0.29) is 6.61 Å². The highest BCUT2D eigenvalue weighted by molar-refractivity contribution is 7.80. The number of ether oxygens (including phenoxy) is 10. The Balaban J connectivity index is 1.49. The minimum absolute atomic E-state index is 0.0905. The standard InChI is InChI=1S/C33H58O26S/c34-4-9-14(38)18(42)22(46)30(52-9)57-26-13(56-29(50-2-1-3-60)25(49)27(26)58-31-23(47)19(43)15(39)10(5-35)53-31)8-51-33-28(21(45)17(41)12(7-37)55-33)59-32-24(48)20(44)16(40)11(6-36)54-32/h9-49,60H,1-8H2/t9?,10?,11?,12?,13?,14-,15-,16-,17-,18+,19+,20+,21+,22?,23?,24?,25?,26-,27-,28?,29+,30+,31+,32+,33-/m1/s1. The van der Waals surface area contributed by atoms with Crippen molar-refractivity contribution in [3.05, 3.63) is 0 Å². The highest BCUT2D eigenvalue weighted by Gasteiger charge is 2.56. The molecule has 0 bridgehead atoms. The molecular weight excluding hydrogens is 844 g/mol. The van der Waals surface area contributed by atoms with E-state index in [1.807, 2.05) is 0 Å². The van der Waals surface area contributed by atoms with Crippen LogP contribution in [0.3, 0.4) is 0 Å². The van der Waals surface area contributed by atoms with E-state index in [1.54, 1.807) is 0 Å². The topological polar surface area (TPSA) is 416 Å². The maximum absolute atomic E-state index is 11.7. The molecule has 26 nitrogen and oxygen atoms in total. The van der Waals surface area contributed by atoms with E-state index in [1.165, 1.54) is 0 Å². The third-order valence-electron chi connectivity index (χ3n) is 10.9. The first kappa shape index (κ1) is 50.3. The van der Waals surface area contributed by atoms with Crippen LogP contribution in [-0.2, 0) is 47.4 Å². The van der Waals surface area contributed by atoms with Gasteiger partial charge in [-0.15, -0.1) is 0 Å². The molecule has 10 unspecified atom stereocenters. The summed E-state index contributed by atoms with van der Waals surface area (Å²) in [5, 5.41) is 167. The third kappa shape index (κ3) is 10.9. The molecule has 5 aliphatic heterocycles. The highest BCUT2D eigenvalue weighted by atomic mass is 32.1. The molecule has 0 aromatic carbocycles. The number of hydrogen-bond donors (Lipinski definition) is 17. The third-order valence-corrected chi connectivity index (χ3v) is 11.2. The Morgan fingerprint density at radius 2 is 0.717 bits per heavy atom. The number of thiol groups is 1. The molecule has 16 N–H and O–H groups in total. The van der Waals surface area contributed by atoms with Crippen molar-refractivity contribution in [1.29, 1.82) is 0 Å². The molecule has 0 radical (unpaired) electrons. The molecule has 0 amide bonds. The van der Waals surface area contributed by atoms with Crippen LogP contribution in [0.25, 0.3) is 0 Å². The highest BCUT2D eigenvalue weighted by Crippen LogP contribution is 2.36. The zero-order valence-electron chi connectivity index (χ0n) is 31.8. The molecule has 0 saturated carbocycles. The van der Waals surface area contributed by atoms with E-state index in [0.29, 0.717) is 12.2 Å². The van der Waals surface area contributed by atoms with Gasteiger partial charge in [0.25, 0.3) is 0 Å². The smallest absolute Gasteiger partial charge is 0.187 e. The van der Waals surface area contributed by atoms with E-state index < -0.39 is 187 Å². The molecule has 352 valence electrons. The Hall–Kier alpha value is -0.690. The predicted octanol–water partition coefficient (Wildman–Crippen LogP) is -10.6. The lowest BCUT2D eigenvalue weighted by Crippen LogP contribution is -2.68. The molecule has 0 aliphatic carbocycles. The second-order valence-corrected chi connectivity index (χ2v) is 15.4. The van der Waals surface area contributed by atoms with Crippen LogP contribution in [0.4, 0.5) is 0 Å². The second-order valence-electron chi connectivity index (χ2n) is 14.9. The second kappa shape index (κ2) is 22.5. The first-order chi connectivity index (χ1) is 28.5. The van der Waals surface area contributed by atoms with E-state index in [4.69, 9.17) is 47.4 Å². The summed E-state index contributed by atoms with van der Waals surface area (Å²) in [6.07, 6.45) is -45.5. The number of rotatable bonds is 17. The summed E-state index contributed by atoms with van der Waals surface area (Å²) in [5.41, 5.74) is 0. The first-order valence-electron chi connectivity index (χ1n) is 19.2. The zero-order chi connectivity index (χ0) is 44.2. The van der Waals surface area contributed by atoms with E-state index >= 15 is 0 Å². The van der Waals surface area contributed by atoms with Crippen molar-refractivity contribution in [3.63, 3.8) is 0 Å². The predicted molar refractivity (Wildman–Crippen MR) is 189 cm³/mol. The Kier molecular flexibility index (Phi) is 18.8. The SMILES string of the molecule is OCC1O[C@@H](OC2[C@H](OCC3O[C@H](OCCCS)C(O)[C@@H](O[C@@H]4OC(CO)[C@@H](O)[C@H](O)C4O)[C@@H]3O[C@@H]3OC(CO)[C@@H](O)[C@H](O)C3O)OC(CO)[C@@H](O)[C@@H]2O)C(O)[C@@H](O)[C@@H]1O. The fourth-order valence-electron chi connectivity index (χ4n) is 7.28. The Labute approximate surface area is 346 Å². The van der Waals surface area contributed by atoms with E-state index in [9.17, 15) is 81.7 Å². The number of hydrogen-bond acceptors (Lipinski definition) is 27. The van der Waals surface area contributed by atoms with Crippen molar-refractivity contribution in [2.75, 3.05) is 45.4 Å². The van der Waals surface area contributed by atoms with Crippen LogP contribution in [0.2, 0.25) is 0 Å². The largest absolute Gasteiger partial charge is 0.394 e. The van der Waals surface area contributed by atoms with Gasteiger partial charge in [0.1, 0.15) is 122 Å². The monoisotopic (exact) mass is 902 g/mol. The van der Waals surface area contributed by atoms with Crippen LogP contribution in [0.5, 0.6) is 0 Å². The Morgan fingerprint density at radius 1 is 0.350 bits per heavy atom. The van der Waals surface area contributed by atoms with Gasteiger partial charge in [0.2, 0.25) is 0 Å². The molecule has 0 aromatic heterocycles. The first-order valence-corrected chi connectivity index (χ1v) is 19.8. The average molecular weight is 903 g/mol. The quantitative estimate of drug-likeness (QED) is 0.0476. The molecule has 25 atom stereocenters. The van der Waals surface area contributed by atoms with Gasteiger partial charge in [-0.1, -0.05) is 0 Å². The maximum atomic E-state index is 11.7. The van der Waals surface area contributed by atoms with Gasteiger partial charge >= 0.3 is 0 Å². The van der Waals surface area contributed by atoms with Gasteiger partial charge in [0, 0.05) is 0 Å². The van der Waals surface area contributed by atoms with Crippen LogP contribution in [0, 0.1) is 0 Å². The molecule has 27 heteroatoms. The normalized spacial score (nSPS) is 50.5. The molecule has 5 saturated heterocycles. The van der Waals surface area contributed by atoms with Crippen LogP contribution >= 0.6 is 12.6 Å². The van der Waals surface area contributed by atoms with Gasteiger partial charge in [-0.05, 0) is 12.2 Å². The van der Waals surface area contributed by atoms with Gasteiger partial charge in [-0.2, -0.15) is 12.6 Å². The van der Waals surface area contributed by atoms with E-state index in [0.717, 1.165) is 0 Å². The van der Waals surface area contributed by atoms with Crippen LogP contribution in [0.1, 0.15) is 6.42 Å². The van der Waals surface area contributed by atoms with Gasteiger partial charge in [-0.3, -0.25) is 0 Å². The fraction of sp³-hybridized carbons (Fsp3) is 1.00. The fourth-order valence-corrected chi connectivity index (χ4v) is 7.41. The van der Waals surface area contributed by atoms with Crippen molar-refractivity contribution >= 4 is 12.6 Å². The zero-order valence-corrected chi connectivity index (χ0v) is 32.7. The lowest BCUT2D eigenvalue weighted by atomic mass is 9.95. The van der Waals surface area contributed by atoms with Gasteiger partial charge in [-0.25, -0.2) is 0 Å². The van der Waals surface area contributed by atoms with Crippen LogP contribution < -0.4 is 0 Å². The van der Waals surface area contributed by atoms with Gasteiger partial charge in [0.15, 0.2) is 31.5 Å². The summed E-state index contributed by atoms with van der Waals surface area (Å²) in [7, 11) is 0. The Bertz CT molecular complexity index is 1280. The molecule has 5 heterocycles. The lowest BCUT2D eigenvalue weighted by Gasteiger charge is -2.49. The maximum Gasteiger partial charge on any atom is 0.187 e. The van der Waals surface area contributed by atoms with E-state index in [2.05, 4.69) is 12.6 Å². The molecule has 0 aromatic rings. The number of aliphatic hydroxyl groups excluding tert-OH is 16. The minimum atomic E-state index is -2.06. The number of aliphatic hydroxyl groups is 16. The van der Waals surface area contributed by atoms with Crippen molar-refractivity contribution < 1.29 is 129 Å². The summed E-state index contributed by atoms with van der Waals surface area (Å²) in [5.74, 6) is 0.318. The summed E-state index contributed by atoms with van der Waals surface area (Å²) in [6, 6.07) is 0. The van der Waals surface area contributed by atoms with Gasteiger partial charge < -0.3 is 129 Å². The van der Waals surface area contributed by atoms with Crippen molar-refractivity contribution in [2.24, 2.45) is 0 Å². The van der Waals surface area contributed by atoms with Crippen molar-refractivity contribution in [2.45, 2.75) is 160 Å². The average Bonchev–Trinajstić information content (AvgIpc) is 3.24. The molecule has 60 heavy (non-hydrogen) atoms. The summed E-state index contributed by atoms with van der Waals surface area (Å²) in [6.45, 7) is -4.42. The molecule has 5 fully saturated rings. The van der Waals surface area contributed by atoms with Gasteiger partial charge in [0.05, 0.1) is 39.6 Å².